The fraction of sp³-hybridized carbons (Fsp3) is 0.467. The highest BCUT2D eigenvalue weighted by Gasteiger charge is 2.34. The number of para-hydroxylation sites is 1. The van der Waals surface area contributed by atoms with Crippen LogP contribution in [0.3, 0.4) is 0 Å². The van der Waals surface area contributed by atoms with Gasteiger partial charge in [0.05, 0.1) is 18.7 Å². The van der Waals surface area contributed by atoms with Gasteiger partial charge < -0.3 is 14.5 Å². The molecule has 3 rings (SSSR count). The third-order valence-electron chi connectivity index (χ3n) is 4.32. The predicted molar refractivity (Wildman–Crippen MR) is 85.8 cm³/mol. The minimum atomic E-state index is -3.69. The lowest BCUT2D eigenvalue weighted by atomic mass is 9.97. The smallest absolute Gasteiger partial charge is 0.308 e. The number of carbonyl (C=O) groups excluding carboxylic acids is 1. The van der Waals surface area contributed by atoms with E-state index in [1.807, 2.05) is 4.90 Å². The van der Waals surface area contributed by atoms with Crippen molar-refractivity contribution in [2.45, 2.75) is 17.7 Å². The van der Waals surface area contributed by atoms with Gasteiger partial charge in [0, 0.05) is 20.1 Å². The Morgan fingerprint density at radius 3 is 2.57 bits per heavy atom. The summed E-state index contributed by atoms with van der Waals surface area (Å²) >= 11 is 0. The lowest BCUT2D eigenvalue weighted by Gasteiger charge is -2.38. The molecule has 2 aliphatic rings. The Hall–Kier alpha value is -2.09. The van der Waals surface area contributed by atoms with Gasteiger partial charge in [-0.2, -0.15) is 8.42 Å². The van der Waals surface area contributed by atoms with E-state index in [0.717, 1.165) is 0 Å². The molecule has 124 valence electrons. The van der Waals surface area contributed by atoms with E-state index < -0.39 is 10.0 Å². The first-order chi connectivity index (χ1) is 10.9. The number of anilines is 1. The largest absolute Gasteiger partial charge is 0.469 e. The first-order valence-corrected chi connectivity index (χ1v) is 8.88. The number of rotatable bonds is 1. The Bertz CT molecular complexity index is 752. The monoisotopic (exact) mass is 337 g/mol. The van der Waals surface area contributed by atoms with Crippen molar-refractivity contribution in [1.82, 2.24) is 4.90 Å². The standard InChI is InChI=1S/C15H19N3O4S/c1-17-12-5-3-4-6-13(12)23(20,21)16-15(17)18-9-7-11(8-10-18)14(19)22-2/h3-6,11H,7-10H2,1-2H3. The van der Waals surface area contributed by atoms with Crippen LogP contribution in [0.1, 0.15) is 12.8 Å². The second kappa shape index (κ2) is 5.84. The summed E-state index contributed by atoms with van der Waals surface area (Å²) in [5, 5.41) is 0. The van der Waals surface area contributed by atoms with Crippen LogP contribution in [0.5, 0.6) is 0 Å². The number of ether oxygens (including phenoxy) is 1. The fourth-order valence-corrected chi connectivity index (χ4v) is 4.30. The van der Waals surface area contributed by atoms with Gasteiger partial charge in [-0.25, -0.2) is 0 Å². The Labute approximate surface area is 135 Å². The number of methoxy groups -OCH3 is 1. The predicted octanol–water partition coefficient (Wildman–Crippen LogP) is 1.07. The average molecular weight is 337 g/mol. The number of sulfonamides is 1. The summed E-state index contributed by atoms with van der Waals surface area (Å²) in [6.45, 7) is 1.14. The van der Waals surface area contributed by atoms with Crippen LogP contribution in [0.15, 0.2) is 33.6 Å². The van der Waals surface area contributed by atoms with E-state index in [1.165, 1.54) is 7.11 Å². The van der Waals surface area contributed by atoms with Crippen molar-refractivity contribution in [3.8, 4) is 0 Å². The highest BCUT2D eigenvalue weighted by molar-refractivity contribution is 7.90. The third kappa shape index (κ3) is 2.78. The van der Waals surface area contributed by atoms with Crippen molar-refractivity contribution in [1.29, 1.82) is 0 Å². The lowest BCUT2D eigenvalue weighted by molar-refractivity contribution is -0.146. The molecule has 0 bridgehead atoms. The Balaban J connectivity index is 1.85. The zero-order chi connectivity index (χ0) is 16.6. The maximum absolute atomic E-state index is 12.4. The molecule has 7 nitrogen and oxygen atoms in total. The third-order valence-corrected chi connectivity index (χ3v) is 5.62. The first kappa shape index (κ1) is 15.8. The molecular weight excluding hydrogens is 318 g/mol. The molecule has 8 heteroatoms. The van der Waals surface area contributed by atoms with Crippen molar-refractivity contribution in [3.05, 3.63) is 24.3 Å². The Kier molecular flexibility index (Phi) is 4.01. The minimum absolute atomic E-state index is 0.130. The van der Waals surface area contributed by atoms with Gasteiger partial charge in [-0.1, -0.05) is 12.1 Å². The van der Waals surface area contributed by atoms with Crippen molar-refractivity contribution in [2.75, 3.05) is 32.1 Å². The van der Waals surface area contributed by atoms with Crippen LogP contribution in [0.25, 0.3) is 0 Å². The number of esters is 1. The quantitative estimate of drug-likeness (QED) is 0.713. The van der Waals surface area contributed by atoms with E-state index in [0.29, 0.717) is 37.6 Å². The van der Waals surface area contributed by atoms with Crippen LogP contribution in [-0.2, 0) is 19.6 Å². The molecule has 0 saturated carbocycles. The molecule has 0 aromatic heterocycles. The zero-order valence-electron chi connectivity index (χ0n) is 13.1. The normalized spacial score (nSPS) is 20.7. The van der Waals surface area contributed by atoms with Gasteiger partial charge in [0.15, 0.2) is 0 Å². The number of hydrogen-bond donors (Lipinski definition) is 0. The van der Waals surface area contributed by atoms with Crippen LogP contribution in [0, 0.1) is 5.92 Å². The van der Waals surface area contributed by atoms with Gasteiger partial charge in [-0.15, -0.1) is 4.40 Å². The number of piperidine rings is 1. The summed E-state index contributed by atoms with van der Waals surface area (Å²) in [6, 6.07) is 6.82. The molecule has 1 aromatic carbocycles. The maximum atomic E-state index is 12.4. The Morgan fingerprint density at radius 1 is 1.26 bits per heavy atom. The molecule has 0 spiro atoms. The highest BCUT2D eigenvalue weighted by atomic mass is 32.2. The molecule has 1 fully saturated rings. The molecular formula is C15H19N3O4S. The number of guanidine groups is 1. The second-order valence-corrected chi connectivity index (χ2v) is 7.25. The molecule has 23 heavy (non-hydrogen) atoms. The van der Waals surface area contributed by atoms with Gasteiger partial charge in [-0.05, 0) is 25.0 Å². The van der Waals surface area contributed by atoms with Gasteiger partial charge in [0.2, 0.25) is 5.96 Å². The summed E-state index contributed by atoms with van der Waals surface area (Å²) in [5.74, 6) is 0.0724. The minimum Gasteiger partial charge on any atom is -0.469 e. The zero-order valence-corrected chi connectivity index (χ0v) is 13.9. The van der Waals surface area contributed by atoms with Crippen molar-refractivity contribution < 1.29 is 17.9 Å². The van der Waals surface area contributed by atoms with Crippen LogP contribution in [0.2, 0.25) is 0 Å². The van der Waals surface area contributed by atoms with Gasteiger partial charge in [0.25, 0.3) is 10.0 Å². The molecule has 1 aromatic rings. The summed E-state index contributed by atoms with van der Waals surface area (Å²) < 4.78 is 33.5. The van der Waals surface area contributed by atoms with Crippen molar-refractivity contribution in [2.24, 2.45) is 10.3 Å². The summed E-state index contributed by atoms with van der Waals surface area (Å²) in [6.07, 6.45) is 1.25. The lowest BCUT2D eigenvalue weighted by Crippen LogP contribution is -2.49. The molecule has 2 heterocycles. The molecule has 2 aliphatic heterocycles. The second-order valence-electron chi connectivity index (χ2n) is 5.68. The molecule has 0 atom stereocenters. The number of fused-ring (bicyclic) bond motifs is 1. The summed E-state index contributed by atoms with van der Waals surface area (Å²) in [7, 11) is -0.505. The van der Waals surface area contributed by atoms with Crippen molar-refractivity contribution >= 4 is 27.6 Å². The van der Waals surface area contributed by atoms with E-state index in [4.69, 9.17) is 4.74 Å². The summed E-state index contributed by atoms with van der Waals surface area (Å²) in [5.41, 5.74) is 0.618. The van der Waals surface area contributed by atoms with Crippen LogP contribution in [-0.4, -0.2) is 52.5 Å². The number of likely N-dealkylation sites (tertiary alicyclic amines) is 1. The molecule has 0 unspecified atom stereocenters. The summed E-state index contributed by atoms with van der Waals surface area (Å²) in [4.78, 5) is 15.5. The maximum Gasteiger partial charge on any atom is 0.308 e. The van der Waals surface area contributed by atoms with E-state index in [1.54, 1.807) is 36.2 Å². The fourth-order valence-electron chi connectivity index (χ4n) is 3.03. The van der Waals surface area contributed by atoms with Crippen LogP contribution in [0.4, 0.5) is 5.69 Å². The van der Waals surface area contributed by atoms with Crippen molar-refractivity contribution in [3.63, 3.8) is 0 Å². The number of nitrogens with zero attached hydrogens (tertiary/aromatic N) is 3. The molecule has 0 aliphatic carbocycles. The topological polar surface area (TPSA) is 79.3 Å². The van der Waals surface area contributed by atoms with Crippen LogP contribution < -0.4 is 4.90 Å². The Morgan fingerprint density at radius 2 is 1.91 bits per heavy atom. The number of hydrogen-bond acceptors (Lipinski definition) is 6. The molecule has 0 N–H and O–H groups in total. The molecule has 0 radical (unpaired) electrons. The number of carbonyl (C=O) groups is 1. The SMILES string of the molecule is COC(=O)C1CCN(C2=NS(=O)(=O)c3ccccc3N2C)CC1. The van der Waals surface area contributed by atoms with Gasteiger partial charge >= 0.3 is 5.97 Å². The molecule has 0 amide bonds. The van der Waals surface area contributed by atoms with E-state index in [9.17, 15) is 13.2 Å². The van der Waals surface area contributed by atoms with E-state index in [2.05, 4.69) is 4.40 Å². The van der Waals surface area contributed by atoms with Gasteiger partial charge in [0.1, 0.15) is 4.90 Å². The molecule has 1 saturated heterocycles. The highest BCUT2D eigenvalue weighted by Crippen LogP contribution is 2.32. The van der Waals surface area contributed by atoms with E-state index >= 15 is 0 Å². The van der Waals surface area contributed by atoms with Gasteiger partial charge in [-0.3, -0.25) is 4.79 Å². The average Bonchev–Trinajstić information content (AvgIpc) is 2.58. The number of benzene rings is 1. The van der Waals surface area contributed by atoms with E-state index in [-0.39, 0.29) is 16.8 Å². The van der Waals surface area contributed by atoms with Crippen LogP contribution >= 0.6 is 0 Å². The first-order valence-electron chi connectivity index (χ1n) is 7.44.